The van der Waals surface area contributed by atoms with Crippen molar-refractivity contribution in [3.8, 4) is 0 Å². The predicted molar refractivity (Wildman–Crippen MR) is 73.7 cm³/mol. The number of hydrogen-bond acceptors (Lipinski definition) is 3. The lowest BCUT2D eigenvalue weighted by atomic mass is 9.99. The number of ether oxygens (including phenoxy) is 1. The predicted octanol–water partition coefficient (Wildman–Crippen LogP) is 2.78. The van der Waals surface area contributed by atoms with Crippen LogP contribution in [0.4, 0.5) is 4.79 Å². The highest BCUT2D eigenvalue weighted by Crippen LogP contribution is 2.18. The topological polar surface area (TPSA) is 41.6 Å². The van der Waals surface area contributed by atoms with Gasteiger partial charge in [0.2, 0.25) is 0 Å². The summed E-state index contributed by atoms with van der Waals surface area (Å²) in [5, 5.41) is 2.81. The van der Waals surface area contributed by atoms with Crippen LogP contribution in [-0.4, -0.2) is 42.8 Å². The van der Waals surface area contributed by atoms with E-state index in [-0.39, 0.29) is 6.09 Å². The summed E-state index contributed by atoms with van der Waals surface area (Å²) in [5.41, 5.74) is -0.409. The Morgan fingerprint density at radius 2 is 2.11 bits per heavy atom. The average Bonchev–Trinajstić information content (AvgIpc) is 2.24. The molecule has 1 N–H and O–H groups in total. The van der Waals surface area contributed by atoms with Gasteiger partial charge in [-0.25, -0.2) is 4.79 Å². The van der Waals surface area contributed by atoms with Crippen molar-refractivity contribution in [2.24, 2.45) is 0 Å². The minimum atomic E-state index is -0.409. The zero-order chi connectivity index (χ0) is 13.6. The van der Waals surface area contributed by atoms with Gasteiger partial charge in [-0.15, -0.1) is 0 Å². The first kappa shape index (κ1) is 15.3. The molecule has 0 aromatic carbocycles. The minimum Gasteiger partial charge on any atom is -0.444 e. The molecular weight excluding hydrogens is 228 g/mol. The van der Waals surface area contributed by atoms with E-state index in [2.05, 4.69) is 17.3 Å². The minimum absolute atomic E-state index is 0.306. The molecule has 0 radical (unpaired) electrons. The molecule has 0 bridgehead atoms. The van der Waals surface area contributed by atoms with E-state index in [4.69, 9.17) is 4.74 Å². The van der Waals surface area contributed by atoms with Crippen LogP contribution in [0.25, 0.3) is 0 Å². The lowest BCUT2D eigenvalue weighted by molar-refractivity contribution is 0.0525. The van der Waals surface area contributed by atoms with Crippen molar-refractivity contribution in [1.29, 1.82) is 0 Å². The number of hydrogen-bond donors (Lipinski definition) is 1. The van der Waals surface area contributed by atoms with Crippen LogP contribution in [0.15, 0.2) is 0 Å². The van der Waals surface area contributed by atoms with E-state index >= 15 is 0 Å². The van der Waals surface area contributed by atoms with Crippen LogP contribution < -0.4 is 5.32 Å². The Morgan fingerprint density at radius 3 is 2.72 bits per heavy atom. The van der Waals surface area contributed by atoms with Gasteiger partial charge in [0, 0.05) is 12.6 Å². The highest BCUT2D eigenvalue weighted by molar-refractivity contribution is 5.67. The van der Waals surface area contributed by atoms with Crippen LogP contribution in [0, 0.1) is 0 Å². The van der Waals surface area contributed by atoms with Crippen LogP contribution in [0.3, 0.4) is 0 Å². The average molecular weight is 256 g/mol. The van der Waals surface area contributed by atoms with Crippen molar-refractivity contribution >= 4 is 6.09 Å². The molecule has 0 spiro atoms. The number of nitrogens with zero attached hydrogens (tertiary/aromatic N) is 1. The summed E-state index contributed by atoms with van der Waals surface area (Å²) in [5.74, 6) is 0. The molecule has 1 unspecified atom stereocenters. The lowest BCUT2D eigenvalue weighted by Crippen LogP contribution is -2.37. The summed E-state index contributed by atoms with van der Waals surface area (Å²) in [7, 11) is 2.20. The van der Waals surface area contributed by atoms with Gasteiger partial charge in [0.05, 0.1) is 0 Å². The van der Waals surface area contributed by atoms with Gasteiger partial charge in [-0.3, -0.25) is 0 Å². The van der Waals surface area contributed by atoms with Gasteiger partial charge in [-0.2, -0.15) is 0 Å². The number of likely N-dealkylation sites (tertiary alicyclic amines) is 1. The maximum Gasteiger partial charge on any atom is 0.407 e. The maximum absolute atomic E-state index is 11.4. The van der Waals surface area contributed by atoms with Crippen molar-refractivity contribution in [2.75, 3.05) is 20.1 Å². The Bertz CT molecular complexity index is 261. The summed E-state index contributed by atoms with van der Waals surface area (Å²) in [4.78, 5) is 13.9. The van der Waals surface area contributed by atoms with Gasteiger partial charge in [-0.05, 0) is 60.0 Å². The summed E-state index contributed by atoms with van der Waals surface area (Å²) in [6.07, 6.45) is 5.83. The molecule has 1 amide bonds. The monoisotopic (exact) mass is 256 g/mol. The number of nitrogens with one attached hydrogen (secondary N) is 1. The van der Waals surface area contributed by atoms with Crippen molar-refractivity contribution in [3.63, 3.8) is 0 Å². The molecule has 1 aliphatic rings. The number of alkyl carbamates (subject to hydrolysis) is 1. The molecule has 106 valence electrons. The molecule has 0 aromatic heterocycles. The molecular formula is C14H28N2O2. The fraction of sp³-hybridized carbons (Fsp3) is 0.929. The van der Waals surface area contributed by atoms with Crippen LogP contribution >= 0.6 is 0 Å². The first-order chi connectivity index (χ1) is 8.38. The summed E-state index contributed by atoms with van der Waals surface area (Å²) < 4.78 is 5.19. The van der Waals surface area contributed by atoms with E-state index in [0.717, 1.165) is 12.8 Å². The Morgan fingerprint density at radius 1 is 1.39 bits per heavy atom. The number of amides is 1. The van der Waals surface area contributed by atoms with Crippen molar-refractivity contribution in [3.05, 3.63) is 0 Å². The Labute approximate surface area is 111 Å². The second-order valence-corrected chi connectivity index (χ2v) is 6.20. The van der Waals surface area contributed by atoms with Crippen LogP contribution in [0.2, 0.25) is 0 Å². The van der Waals surface area contributed by atoms with Crippen molar-refractivity contribution < 1.29 is 9.53 Å². The normalized spacial score (nSPS) is 21.7. The fourth-order valence-corrected chi connectivity index (χ4v) is 2.35. The Balaban J connectivity index is 2.09. The third-order valence-electron chi connectivity index (χ3n) is 3.30. The number of carbonyl (C=O) groups is 1. The van der Waals surface area contributed by atoms with E-state index in [1.807, 2.05) is 20.8 Å². The van der Waals surface area contributed by atoms with Crippen molar-refractivity contribution in [2.45, 2.75) is 64.5 Å². The van der Waals surface area contributed by atoms with E-state index in [1.165, 1.54) is 25.8 Å². The summed E-state index contributed by atoms with van der Waals surface area (Å²) >= 11 is 0. The largest absolute Gasteiger partial charge is 0.444 e. The molecule has 1 heterocycles. The summed E-state index contributed by atoms with van der Waals surface area (Å²) in [6, 6.07) is 0.694. The van der Waals surface area contributed by atoms with Gasteiger partial charge in [0.1, 0.15) is 5.60 Å². The third-order valence-corrected chi connectivity index (χ3v) is 3.30. The summed E-state index contributed by atoms with van der Waals surface area (Å²) in [6.45, 7) is 7.56. The molecule has 1 atom stereocenters. The molecule has 4 nitrogen and oxygen atoms in total. The highest BCUT2D eigenvalue weighted by Gasteiger charge is 2.19. The highest BCUT2D eigenvalue weighted by atomic mass is 16.6. The zero-order valence-corrected chi connectivity index (χ0v) is 12.3. The smallest absolute Gasteiger partial charge is 0.407 e. The molecule has 4 heteroatoms. The zero-order valence-electron chi connectivity index (χ0n) is 12.3. The molecule has 1 aliphatic heterocycles. The maximum atomic E-state index is 11.4. The SMILES string of the molecule is CN1CCCCC1CCCNC(=O)OC(C)(C)C. The molecule has 1 fully saturated rings. The number of carbonyl (C=O) groups excluding carboxylic acids is 1. The fourth-order valence-electron chi connectivity index (χ4n) is 2.35. The van der Waals surface area contributed by atoms with Gasteiger partial charge in [-0.1, -0.05) is 6.42 Å². The van der Waals surface area contributed by atoms with Gasteiger partial charge < -0.3 is 15.0 Å². The van der Waals surface area contributed by atoms with Gasteiger partial charge in [0.25, 0.3) is 0 Å². The standard InChI is InChI=1S/C14H28N2O2/c1-14(2,3)18-13(17)15-10-7-9-12-8-5-6-11-16(12)4/h12H,5-11H2,1-4H3,(H,15,17). The molecule has 18 heavy (non-hydrogen) atoms. The number of piperidine rings is 1. The van der Waals surface area contributed by atoms with Gasteiger partial charge >= 0.3 is 6.09 Å². The van der Waals surface area contributed by atoms with Crippen LogP contribution in [0.5, 0.6) is 0 Å². The van der Waals surface area contributed by atoms with E-state index < -0.39 is 5.60 Å². The lowest BCUT2D eigenvalue weighted by Gasteiger charge is -2.32. The first-order valence-electron chi connectivity index (χ1n) is 7.05. The van der Waals surface area contributed by atoms with E-state index in [0.29, 0.717) is 12.6 Å². The van der Waals surface area contributed by atoms with Crippen molar-refractivity contribution in [1.82, 2.24) is 10.2 Å². The molecule has 0 aliphatic carbocycles. The second kappa shape index (κ2) is 6.98. The third kappa shape index (κ3) is 6.24. The Kier molecular flexibility index (Phi) is 5.93. The molecule has 0 aromatic rings. The van der Waals surface area contributed by atoms with E-state index in [9.17, 15) is 4.79 Å². The second-order valence-electron chi connectivity index (χ2n) is 6.20. The molecule has 1 saturated heterocycles. The van der Waals surface area contributed by atoms with Gasteiger partial charge in [0.15, 0.2) is 0 Å². The van der Waals surface area contributed by atoms with Crippen LogP contribution in [0.1, 0.15) is 52.9 Å². The molecule has 1 rings (SSSR count). The quantitative estimate of drug-likeness (QED) is 0.786. The Hall–Kier alpha value is -0.770. The molecule has 0 saturated carbocycles. The first-order valence-corrected chi connectivity index (χ1v) is 7.05. The van der Waals surface area contributed by atoms with E-state index in [1.54, 1.807) is 0 Å². The number of rotatable bonds is 4. The van der Waals surface area contributed by atoms with Crippen LogP contribution in [-0.2, 0) is 4.74 Å².